The molecule has 0 saturated carbocycles. The van der Waals surface area contributed by atoms with Crippen molar-refractivity contribution < 1.29 is 5.11 Å². The highest BCUT2D eigenvalue weighted by Crippen LogP contribution is 2.13. The molecular formula is C10H15NOS. The van der Waals surface area contributed by atoms with Crippen LogP contribution in [-0.4, -0.2) is 16.7 Å². The minimum atomic E-state index is 0.265. The number of allylic oxidation sites excluding steroid dienone is 1. The maximum absolute atomic E-state index is 8.64. The van der Waals surface area contributed by atoms with Crippen molar-refractivity contribution in [2.45, 2.75) is 26.7 Å². The molecule has 0 aliphatic rings. The largest absolute Gasteiger partial charge is 0.396 e. The van der Waals surface area contributed by atoms with Gasteiger partial charge in [0, 0.05) is 12.0 Å². The van der Waals surface area contributed by atoms with Crippen molar-refractivity contribution in [1.29, 1.82) is 0 Å². The molecule has 2 nitrogen and oxygen atoms in total. The van der Waals surface area contributed by atoms with Gasteiger partial charge in [0.25, 0.3) is 0 Å². The highest BCUT2D eigenvalue weighted by molar-refractivity contribution is 7.09. The van der Waals surface area contributed by atoms with Crippen molar-refractivity contribution in [3.63, 3.8) is 0 Å². The fraction of sp³-hybridized carbons (Fsp3) is 0.500. The predicted octanol–water partition coefficient (Wildman–Crippen LogP) is 2.63. The van der Waals surface area contributed by atoms with Gasteiger partial charge in [0.05, 0.1) is 10.7 Å². The minimum Gasteiger partial charge on any atom is -0.396 e. The van der Waals surface area contributed by atoms with Gasteiger partial charge in [0.1, 0.15) is 0 Å². The van der Waals surface area contributed by atoms with Crippen LogP contribution in [-0.2, 0) is 0 Å². The van der Waals surface area contributed by atoms with Gasteiger partial charge < -0.3 is 5.11 Å². The van der Waals surface area contributed by atoms with Crippen LogP contribution >= 0.6 is 11.3 Å². The Hall–Kier alpha value is -0.670. The SMILES string of the molecule is C/C(=C\c1csc(C)n1)CCCO. The Morgan fingerprint density at radius 3 is 3.00 bits per heavy atom. The molecule has 13 heavy (non-hydrogen) atoms. The summed E-state index contributed by atoms with van der Waals surface area (Å²) >= 11 is 1.67. The maximum Gasteiger partial charge on any atom is 0.0901 e. The normalized spacial score (nSPS) is 12.1. The first-order chi connectivity index (χ1) is 6.22. The molecule has 0 saturated heterocycles. The summed E-state index contributed by atoms with van der Waals surface area (Å²) in [6.45, 7) is 4.34. The number of hydrogen-bond donors (Lipinski definition) is 1. The molecule has 1 heterocycles. The van der Waals surface area contributed by atoms with E-state index in [1.807, 2.05) is 6.92 Å². The van der Waals surface area contributed by atoms with Gasteiger partial charge in [-0.3, -0.25) is 0 Å². The topological polar surface area (TPSA) is 33.1 Å². The molecule has 0 bridgehead atoms. The van der Waals surface area contributed by atoms with E-state index in [0.29, 0.717) is 0 Å². The lowest BCUT2D eigenvalue weighted by Crippen LogP contribution is -1.84. The van der Waals surface area contributed by atoms with Crippen molar-refractivity contribution in [2.75, 3.05) is 6.61 Å². The summed E-state index contributed by atoms with van der Waals surface area (Å²) in [6, 6.07) is 0. The van der Waals surface area contributed by atoms with E-state index in [2.05, 4.69) is 23.4 Å². The van der Waals surface area contributed by atoms with E-state index in [9.17, 15) is 0 Å². The molecular weight excluding hydrogens is 182 g/mol. The first kappa shape index (κ1) is 10.4. The molecule has 0 atom stereocenters. The van der Waals surface area contributed by atoms with Gasteiger partial charge in [-0.05, 0) is 32.8 Å². The first-order valence-corrected chi connectivity index (χ1v) is 5.30. The summed E-state index contributed by atoms with van der Waals surface area (Å²) in [4.78, 5) is 4.34. The lowest BCUT2D eigenvalue weighted by atomic mass is 10.1. The van der Waals surface area contributed by atoms with Crippen LogP contribution in [0.4, 0.5) is 0 Å². The Morgan fingerprint density at radius 1 is 1.69 bits per heavy atom. The van der Waals surface area contributed by atoms with Gasteiger partial charge in [0.15, 0.2) is 0 Å². The Labute approximate surface area is 83.0 Å². The Bertz CT molecular complexity index is 291. The smallest absolute Gasteiger partial charge is 0.0901 e. The number of thiazole rings is 1. The zero-order chi connectivity index (χ0) is 9.68. The highest BCUT2D eigenvalue weighted by Gasteiger charge is 1.95. The van der Waals surface area contributed by atoms with Crippen molar-refractivity contribution >= 4 is 17.4 Å². The zero-order valence-corrected chi connectivity index (χ0v) is 8.90. The average molecular weight is 197 g/mol. The van der Waals surface area contributed by atoms with Crippen LogP contribution in [0.2, 0.25) is 0 Å². The van der Waals surface area contributed by atoms with E-state index in [4.69, 9.17) is 5.11 Å². The van der Waals surface area contributed by atoms with Gasteiger partial charge >= 0.3 is 0 Å². The van der Waals surface area contributed by atoms with Crippen molar-refractivity contribution in [3.8, 4) is 0 Å². The van der Waals surface area contributed by atoms with Crippen LogP contribution in [0.25, 0.3) is 6.08 Å². The Balaban J connectivity index is 2.54. The molecule has 0 radical (unpaired) electrons. The van der Waals surface area contributed by atoms with Gasteiger partial charge in [-0.2, -0.15) is 0 Å². The van der Waals surface area contributed by atoms with E-state index in [0.717, 1.165) is 23.5 Å². The van der Waals surface area contributed by atoms with E-state index < -0.39 is 0 Å². The Kier molecular flexibility index (Phi) is 4.12. The fourth-order valence-electron chi connectivity index (χ4n) is 1.13. The first-order valence-electron chi connectivity index (χ1n) is 4.42. The van der Waals surface area contributed by atoms with Gasteiger partial charge in [-0.1, -0.05) is 5.57 Å². The van der Waals surface area contributed by atoms with E-state index >= 15 is 0 Å². The number of nitrogens with zero attached hydrogens (tertiary/aromatic N) is 1. The van der Waals surface area contributed by atoms with Gasteiger partial charge in [0.2, 0.25) is 0 Å². The zero-order valence-electron chi connectivity index (χ0n) is 8.08. The average Bonchev–Trinajstić information content (AvgIpc) is 2.48. The van der Waals surface area contributed by atoms with Crippen molar-refractivity contribution in [2.24, 2.45) is 0 Å². The fourth-order valence-corrected chi connectivity index (χ4v) is 1.70. The number of rotatable bonds is 4. The monoisotopic (exact) mass is 197 g/mol. The highest BCUT2D eigenvalue weighted by atomic mass is 32.1. The summed E-state index contributed by atoms with van der Waals surface area (Å²) in [5.41, 5.74) is 2.32. The summed E-state index contributed by atoms with van der Waals surface area (Å²) in [5.74, 6) is 0. The maximum atomic E-state index is 8.64. The van der Waals surface area contributed by atoms with Gasteiger partial charge in [-0.15, -0.1) is 11.3 Å². The number of aromatic nitrogens is 1. The molecule has 0 aromatic carbocycles. The molecule has 0 fully saturated rings. The molecule has 0 aliphatic carbocycles. The lowest BCUT2D eigenvalue weighted by molar-refractivity contribution is 0.288. The summed E-state index contributed by atoms with van der Waals surface area (Å²) in [7, 11) is 0. The lowest BCUT2D eigenvalue weighted by Gasteiger charge is -1.96. The third-order valence-electron chi connectivity index (χ3n) is 1.76. The second-order valence-corrected chi connectivity index (χ2v) is 4.17. The Morgan fingerprint density at radius 2 is 2.46 bits per heavy atom. The van der Waals surface area contributed by atoms with Crippen LogP contribution in [0.3, 0.4) is 0 Å². The van der Waals surface area contributed by atoms with E-state index in [-0.39, 0.29) is 6.61 Å². The van der Waals surface area contributed by atoms with Crippen LogP contribution in [0.1, 0.15) is 30.5 Å². The molecule has 0 unspecified atom stereocenters. The number of aryl methyl sites for hydroxylation is 1. The summed E-state index contributed by atoms with van der Waals surface area (Å²) < 4.78 is 0. The van der Waals surface area contributed by atoms with Crippen molar-refractivity contribution in [3.05, 3.63) is 21.7 Å². The van der Waals surface area contributed by atoms with Crippen LogP contribution in [0, 0.1) is 6.92 Å². The number of aliphatic hydroxyl groups excluding tert-OH is 1. The van der Waals surface area contributed by atoms with Crippen molar-refractivity contribution in [1.82, 2.24) is 4.98 Å². The quantitative estimate of drug-likeness (QED) is 0.805. The second-order valence-electron chi connectivity index (χ2n) is 3.11. The number of hydrogen-bond acceptors (Lipinski definition) is 3. The number of aliphatic hydroxyl groups is 1. The molecule has 1 rings (SSSR count). The van der Waals surface area contributed by atoms with E-state index in [1.54, 1.807) is 11.3 Å². The molecule has 72 valence electrons. The standard InChI is InChI=1S/C10H15NOS/c1-8(4-3-5-12)6-10-7-13-9(2)11-10/h6-7,12H,3-5H2,1-2H3/b8-6+. The molecule has 0 amide bonds. The molecule has 1 N–H and O–H groups in total. The second kappa shape index (κ2) is 5.14. The van der Waals surface area contributed by atoms with Gasteiger partial charge in [-0.25, -0.2) is 4.98 Å². The van der Waals surface area contributed by atoms with Crippen LogP contribution in [0.15, 0.2) is 11.0 Å². The minimum absolute atomic E-state index is 0.265. The predicted molar refractivity (Wildman–Crippen MR) is 56.8 cm³/mol. The third kappa shape index (κ3) is 3.70. The molecule has 1 aromatic heterocycles. The molecule has 0 spiro atoms. The van der Waals surface area contributed by atoms with Crippen LogP contribution in [0.5, 0.6) is 0 Å². The molecule has 1 aromatic rings. The summed E-state index contributed by atoms with van der Waals surface area (Å²) in [5, 5.41) is 11.8. The van der Waals surface area contributed by atoms with E-state index in [1.165, 1.54) is 5.57 Å². The third-order valence-corrected chi connectivity index (χ3v) is 2.55. The van der Waals surface area contributed by atoms with Crippen LogP contribution < -0.4 is 0 Å². The molecule has 0 aliphatic heterocycles. The molecule has 3 heteroatoms. The summed E-state index contributed by atoms with van der Waals surface area (Å²) in [6.07, 6.45) is 3.87.